The highest BCUT2D eigenvalue weighted by atomic mass is 16.8. The maximum Gasteiger partial charge on any atom is 0.212 e. The SMILES string of the molecule is CC1(C)OC2=C(CO)O[C@@H](n3cnc4c(N)ncnc43)C2O1. The molecule has 4 rings (SSSR count). The van der Waals surface area contributed by atoms with Gasteiger partial charge in [-0.3, -0.25) is 4.57 Å². The van der Waals surface area contributed by atoms with Crippen LogP contribution in [0.1, 0.15) is 20.1 Å². The first kappa shape index (κ1) is 13.3. The molecule has 1 fully saturated rings. The summed E-state index contributed by atoms with van der Waals surface area (Å²) in [5.41, 5.74) is 6.82. The number of aliphatic hydroxyl groups is 1. The molecule has 2 aromatic rings. The summed E-state index contributed by atoms with van der Waals surface area (Å²) >= 11 is 0. The Labute approximate surface area is 125 Å². The number of aromatic nitrogens is 4. The van der Waals surface area contributed by atoms with Crippen LogP contribution in [0, 0.1) is 0 Å². The number of imidazole rings is 1. The topological polar surface area (TPSA) is 118 Å². The number of nitrogens with zero attached hydrogens (tertiary/aromatic N) is 4. The Bertz CT molecular complexity index is 784. The van der Waals surface area contributed by atoms with Gasteiger partial charge in [0.2, 0.25) is 12.0 Å². The first-order valence-electron chi connectivity index (χ1n) is 6.80. The lowest BCUT2D eigenvalue weighted by Gasteiger charge is -2.22. The van der Waals surface area contributed by atoms with Crippen LogP contribution < -0.4 is 5.73 Å². The van der Waals surface area contributed by atoms with E-state index < -0.39 is 18.1 Å². The molecule has 0 radical (unpaired) electrons. The summed E-state index contributed by atoms with van der Waals surface area (Å²) in [6.07, 6.45) is 1.87. The second-order valence-electron chi connectivity index (χ2n) is 5.58. The molecule has 22 heavy (non-hydrogen) atoms. The Morgan fingerprint density at radius 2 is 2.18 bits per heavy atom. The van der Waals surface area contributed by atoms with Gasteiger partial charge < -0.3 is 25.1 Å². The number of aliphatic hydroxyl groups excluding tert-OH is 1. The van der Waals surface area contributed by atoms with Gasteiger partial charge in [-0.25, -0.2) is 15.0 Å². The van der Waals surface area contributed by atoms with Gasteiger partial charge in [0.1, 0.15) is 24.8 Å². The van der Waals surface area contributed by atoms with Gasteiger partial charge in [0.05, 0.1) is 0 Å². The summed E-state index contributed by atoms with van der Waals surface area (Å²) < 4.78 is 19.1. The van der Waals surface area contributed by atoms with Crippen molar-refractivity contribution in [2.24, 2.45) is 0 Å². The Morgan fingerprint density at radius 1 is 1.36 bits per heavy atom. The first-order valence-corrected chi connectivity index (χ1v) is 6.80. The zero-order chi connectivity index (χ0) is 15.5. The minimum atomic E-state index is -0.785. The van der Waals surface area contributed by atoms with E-state index in [-0.39, 0.29) is 6.61 Å². The van der Waals surface area contributed by atoms with Gasteiger partial charge in [0.25, 0.3) is 0 Å². The summed E-state index contributed by atoms with van der Waals surface area (Å²) in [4.78, 5) is 12.3. The van der Waals surface area contributed by atoms with Gasteiger partial charge in [-0.2, -0.15) is 0 Å². The Hall–Kier alpha value is -2.39. The van der Waals surface area contributed by atoms with Crippen LogP contribution in [-0.2, 0) is 14.2 Å². The molecule has 9 heteroatoms. The van der Waals surface area contributed by atoms with Crippen LogP contribution in [0.25, 0.3) is 11.2 Å². The number of nitrogens with two attached hydrogens (primary N) is 1. The second-order valence-corrected chi connectivity index (χ2v) is 5.58. The Morgan fingerprint density at radius 3 is 2.95 bits per heavy atom. The molecule has 9 nitrogen and oxygen atoms in total. The molecule has 2 atom stereocenters. The van der Waals surface area contributed by atoms with Crippen LogP contribution in [0.5, 0.6) is 0 Å². The van der Waals surface area contributed by atoms with E-state index in [4.69, 9.17) is 19.9 Å². The van der Waals surface area contributed by atoms with Gasteiger partial charge in [0, 0.05) is 13.8 Å². The van der Waals surface area contributed by atoms with E-state index in [0.29, 0.717) is 28.5 Å². The molecular weight excluding hydrogens is 290 g/mol. The number of rotatable bonds is 2. The lowest BCUT2D eigenvalue weighted by molar-refractivity contribution is -0.165. The van der Waals surface area contributed by atoms with Crippen molar-refractivity contribution in [2.75, 3.05) is 12.3 Å². The van der Waals surface area contributed by atoms with Crippen LogP contribution >= 0.6 is 0 Å². The number of hydrogen-bond acceptors (Lipinski definition) is 8. The van der Waals surface area contributed by atoms with Crippen molar-refractivity contribution in [3.05, 3.63) is 24.2 Å². The fourth-order valence-corrected chi connectivity index (χ4v) is 2.75. The molecule has 3 N–H and O–H groups in total. The maximum atomic E-state index is 9.47. The average molecular weight is 305 g/mol. The molecule has 0 aliphatic carbocycles. The highest BCUT2D eigenvalue weighted by Gasteiger charge is 2.51. The van der Waals surface area contributed by atoms with E-state index in [9.17, 15) is 5.11 Å². The lowest BCUT2D eigenvalue weighted by atomic mass is 10.2. The van der Waals surface area contributed by atoms with E-state index in [2.05, 4.69) is 15.0 Å². The summed E-state index contributed by atoms with van der Waals surface area (Å²) in [5, 5.41) is 9.47. The van der Waals surface area contributed by atoms with E-state index >= 15 is 0 Å². The van der Waals surface area contributed by atoms with Crippen molar-refractivity contribution in [2.45, 2.75) is 32.0 Å². The molecule has 0 saturated carbocycles. The van der Waals surface area contributed by atoms with Gasteiger partial charge in [-0.05, 0) is 0 Å². The Balaban J connectivity index is 1.79. The highest BCUT2D eigenvalue weighted by Crippen LogP contribution is 2.45. The second kappa shape index (κ2) is 4.31. The highest BCUT2D eigenvalue weighted by molar-refractivity contribution is 5.81. The van der Waals surface area contributed by atoms with Crippen molar-refractivity contribution < 1.29 is 19.3 Å². The summed E-state index contributed by atoms with van der Waals surface area (Å²) in [6, 6.07) is 0. The number of ether oxygens (including phenoxy) is 3. The molecule has 0 amide bonds. The summed E-state index contributed by atoms with van der Waals surface area (Å²) in [6.45, 7) is 3.33. The zero-order valence-electron chi connectivity index (χ0n) is 12.1. The monoisotopic (exact) mass is 305 g/mol. The van der Waals surface area contributed by atoms with E-state index in [1.165, 1.54) is 6.33 Å². The van der Waals surface area contributed by atoms with E-state index in [1.54, 1.807) is 24.7 Å². The van der Waals surface area contributed by atoms with Crippen LogP contribution in [0.3, 0.4) is 0 Å². The molecule has 0 spiro atoms. The maximum absolute atomic E-state index is 9.47. The van der Waals surface area contributed by atoms with Crippen molar-refractivity contribution in [3.8, 4) is 0 Å². The Kier molecular flexibility index (Phi) is 2.60. The number of hydrogen-bond donors (Lipinski definition) is 2. The van der Waals surface area contributed by atoms with Crippen molar-refractivity contribution in [1.29, 1.82) is 0 Å². The fourth-order valence-electron chi connectivity index (χ4n) is 2.75. The molecule has 4 heterocycles. The van der Waals surface area contributed by atoms with Crippen molar-refractivity contribution in [1.82, 2.24) is 19.5 Å². The predicted octanol–water partition coefficient (Wildman–Crippen LogP) is 0.293. The minimum Gasteiger partial charge on any atom is -0.465 e. The fraction of sp³-hybridized carbons (Fsp3) is 0.462. The molecule has 1 saturated heterocycles. The standard InChI is InChI=1S/C13H15N5O4/c1-13(2)21-8-6(3-19)20-12(9(8)22-13)18-5-17-7-10(14)15-4-16-11(7)18/h4-5,9,12,19H,3H2,1-2H3,(H2,14,15,16)/t9?,12-/m1/s1. The molecule has 0 bridgehead atoms. The van der Waals surface area contributed by atoms with Gasteiger partial charge in [-0.1, -0.05) is 0 Å². The number of anilines is 1. The van der Waals surface area contributed by atoms with E-state index in [0.717, 1.165) is 0 Å². The third-order valence-electron chi connectivity index (χ3n) is 3.63. The molecule has 2 aromatic heterocycles. The zero-order valence-corrected chi connectivity index (χ0v) is 12.1. The minimum absolute atomic E-state index is 0.272. The number of fused-ring (bicyclic) bond motifs is 2. The van der Waals surface area contributed by atoms with E-state index in [1.807, 2.05) is 0 Å². The van der Waals surface area contributed by atoms with Crippen LogP contribution in [0.4, 0.5) is 5.82 Å². The van der Waals surface area contributed by atoms with Crippen LogP contribution in [0.15, 0.2) is 24.2 Å². The first-order chi connectivity index (χ1) is 10.5. The molecule has 2 aliphatic rings. The molecule has 1 unspecified atom stereocenters. The van der Waals surface area contributed by atoms with Crippen molar-refractivity contribution >= 4 is 17.0 Å². The third-order valence-corrected chi connectivity index (χ3v) is 3.63. The predicted molar refractivity (Wildman–Crippen MR) is 74.0 cm³/mol. The number of nitrogen functional groups attached to an aromatic ring is 1. The van der Waals surface area contributed by atoms with Crippen LogP contribution in [0.2, 0.25) is 0 Å². The summed E-state index contributed by atoms with van der Waals surface area (Å²) in [7, 11) is 0. The van der Waals surface area contributed by atoms with Gasteiger partial charge >= 0.3 is 0 Å². The lowest BCUT2D eigenvalue weighted by Crippen LogP contribution is -2.27. The third kappa shape index (κ3) is 1.76. The quantitative estimate of drug-likeness (QED) is 0.813. The van der Waals surface area contributed by atoms with Crippen molar-refractivity contribution in [3.63, 3.8) is 0 Å². The average Bonchev–Trinajstić information content (AvgIpc) is 3.10. The molecule has 2 aliphatic heterocycles. The van der Waals surface area contributed by atoms with Crippen LogP contribution in [-0.4, -0.2) is 43.1 Å². The summed E-state index contributed by atoms with van der Waals surface area (Å²) in [5.74, 6) is 0.361. The van der Waals surface area contributed by atoms with Gasteiger partial charge in [-0.15, -0.1) is 0 Å². The normalized spacial score (nSPS) is 26.1. The molecule has 116 valence electrons. The molecule has 0 aromatic carbocycles. The molecular formula is C13H15N5O4. The van der Waals surface area contributed by atoms with Gasteiger partial charge in [0.15, 0.2) is 29.1 Å². The smallest absolute Gasteiger partial charge is 0.212 e. The largest absolute Gasteiger partial charge is 0.465 e.